The Hall–Kier alpha value is -2.71. The number of rotatable bonds is 8. The summed E-state index contributed by atoms with van der Waals surface area (Å²) in [7, 11) is 0. The van der Waals surface area contributed by atoms with Crippen LogP contribution in [0.4, 0.5) is 8.78 Å². The highest BCUT2D eigenvalue weighted by atomic mass is 35.5. The molecule has 0 nitrogen and oxygen atoms in total. The molecule has 4 aromatic carbocycles. The summed E-state index contributed by atoms with van der Waals surface area (Å²) in [5, 5.41) is 2.49. The number of halogens is 3. The van der Waals surface area contributed by atoms with Crippen LogP contribution < -0.4 is 0 Å². The smallest absolute Gasteiger partial charge is 0.142 e. The maximum atomic E-state index is 15.1. The lowest BCUT2D eigenvalue weighted by Gasteiger charge is -2.19. The number of unbranched alkanes of at least 4 members (excludes halogenated alkanes) is 2. The molecular weight excluding hydrogens is 422 g/mol. The lowest BCUT2D eigenvalue weighted by atomic mass is 9.86. The molecule has 0 saturated carbocycles. The van der Waals surface area contributed by atoms with E-state index in [0.29, 0.717) is 11.1 Å². The van der Waals surface area contributed by atoms with Crippen LogP contribution in [-0.4, -0.2) is 0 Å². The van der Waals surface area contributed by atoms with Crippen molar-refractivity contribution in [3.8, 4) is 11.1 Å². The van der Waals surface area contributed by atoms with E-state index in [0.717, 1.165) is 31.2 Å². The third-order valence-electron chi connectivity index (χ3n) is 6.15. The molecule has 0 aliphatic heterocycles. The molecule has 164 valence electrons. The zero-order valence-corrected chi connectivity index (χ0v) is 19.0. The van der Waals surface area contributed by atoms with Crippen LogP contribution in [-0.2, 0) is 6.42 Å². The van der Waals surface area contributed by atoms with E-state index in [2.05, 4.69) is 43.3 Å². The van der Waals surface area contributed by atoms with E-state index >= 15 is 4.39 Å². The van der Waals surface area contributed by atoms with Gasteiger partial charge in [-0.05, 0) is 64.4 Å². The quantitative estimate of drug-likeness (QED) is 0.235. The largest absolute Gasteiger partial charge is 0.206 e. The second kappa shape index (κ2) is 10.3. The molecule has 1 atom stereocenters. The Kier molecular flexibility index (Phi) is 7.22. The molecule has 0 aliphatic rings. The van der Waals surface area contributed by atoms with Crippen LogP contribution >= 0.6 is 11.6 Å². The fraction of sp³-hybridized carbons (Fsp3) is 0.241. The van der Waals surface area contributed by atoms with Crippen LogP contribution in [0, 0.1) is 11.6 Å². The van der Waals surface area contributed by atoms with Gasteiger partial charge in [0.05, 0.1) is 5.02 Å². The van der Waals surface area contributed by atoms with Crippen LogP contribution in [0.3, 0.4) is 0 Å². The molecular formula is C29H27ClF2. The fourth-order valence-electron chi connectivity index (χ4n) is 4.36. The van der Waals surface area contributed by atoms with Gasteiger partial charge in [-0.2, -0.15) is 0 Å². The zero-order chi connectivity index (χ0) is 22.5. The van der Waals surface area contributed by atoms with Crippen LogP contribution in [0.2, 0.25) is 5.02 Å². The predicted molar refractivity (Wildman–Crippen MR) is 131 cm³/mol. The molecule has 0 spiro atoms. The fourth-order valence-corrected chi connectivity index (χ4v) is 4.48. The molecule has 1 unspecified atom stereocenters. The van der Waals surface area contributed by atoms with E-state index in [-0.39, 0.29) is 16.8 Å². The summed E-state index contributed by atoms with van der Waals surface area (Å²) in [6.45, 7) is 2.19. The van der Waals surface area contributed by atoms with Gasteiger partial charge >= 0.3 is 0 Å². The molecule has 0 bridgehead atoms. The Labute approximate surface area is 193 Å². The molecule has 0 saturated heterocycles. The van der Waals surface area contributed by atoms with Crippen LogP contribution in [0.15, 0.2) is 78.9 Å². The van der Waals surface area contributed by atoms with Crippen molar-refractivity contribution >= 4 is 22.4 Å². The Morgan fingerprint density at radius 3 is 2.34 bits per heavy atom. The number of hydrogen-bond donors (Lipinski definition) is 0. The number of benzene rings is 4. The first kappa shape index (κ1) is 22.5. The van der Waals surface area contributed by atoms with Crippen molar-refractivity contribution in [3.63, 3.8) is 0 Å². The summed E-state index contributed by atoms with van der Waals surface area (Å²) in [4.78, 5) is 0. The van der Waals surface area contributed by atoms with Gasteiger partial charge in [0.15, 0.2) is 0 Å². The van der Waals surface area contributed by atoms with Crippen molar-refractivity contribution in [3.05, 3.63) is 107 Å². The molecule has 32 heavy (non-hydrogen) atoms. The molecule has 3 heteroatoms. The molecule has 4 rings (SSSR count). The summed E-state index contributed by atoms with van der Waals surface area (Å²) in [6, 6.07) is 24.7. The molecule has 0 amide bonds. The zero-order valence-electron chi connectivity index (χ0n) is 18.3. The Bertz CT molecular complexity index is 1210. The number of fused-ring (bicyclic) bond motifs is 1. The van der Waals surface area contributed by atoms with E-state index < -0.39 is 5.82 Å². The van der Waals surface area contributed by atoms with Crippen molar-refractivity contribution in [2.24, 2.45) is 0 Å². The van der Waals surface area contributed by atoms with E-state index in [4.69, 9.17) is 11.6 Å². The summed E-state index contributed by atoms with van der Waals surface area (Å²) >= 11 is 5.78. The third-order valence-corrected chi connectivity index (χ3v) is 6.45. The summed E-state index contributed by atoms with van der Waals surface area (Å²) < 4.78 is 29.0. The van der Waals surface area contributed by atoms with Gasteiger partial charge in [0.2, 0.25) is 0 Å². The van der Waals surface area contributed by atoms with Gasteiger partial charge in [-0.3, -0.25) is 0 Å². The molecule has 0 heterocycles. The first-order valence-electron chi connectivity index (χ1n) is 11.3. The lowest BCUT2D eigenvalue weighted by molar-refractivity contribution is 0.557. The molecule has 0 aromatic heterocycles. The van der Waals surface area contributed by atoms with Crippen molar-refractivity contribution in [1.82, 2.24) is 0 Å². The minimum atomic E-state index is -0.540. The average Bonchev–Trinajstić information content (AvgIpc) is 2.80. The van der Waals surface area contributed by atoms with Crippen molar-refractivity contribution in [2.45, 2.75) is 44.9 Å². The predicted octanol–water partition coefficient (Wildman–Crippen LogP) is 9.34. The lowest BCUT2D eigenvalue weighted by Crippen LogP contribution is -2.05. The Morgan fingerprint density at radius 1 is 0.781 bits per heavy atom. The SMILES string of the molecule is CCCCCC(Cc1ccc2ccccc2c1)c1ccc(-c2ccc(Cl)c(F)c2)c(F)c1. The summed E-state index contributed by atoms with van der Waals surface area (Å²) in [6.07, 6.45) is 5.30. The Morgan fingerprint density at radius 2 is 1.59 bits per heavy atom. The molecule has 0 fully saturated rings. The second-order valence-corrected chi connectivity index (χ2v) is 8.85. The van der Waals surface area contributed by atoms with E-state index in [1.807, 2.05) is 12.1 Å². The minimum Gasteiger partial charge on any atom is -0.206 e. The highest BCUT2D eigenvalue weighted by Gasteiger charge is 2.16. The van der Waals surface area contributed by atoms with Crippen LogP contribution in [0.25, 0.3) is 21.9 Å². The topological polar surface area (TPSA) is 0 Å². The molecule has 0 aliphatic carbocycles. The van der Waals surface area contributed by atoms with Crippen molar-refractivity contribution < 1.29 is 8.78 Å². The second-order valence-electron chi connectivity index (χ2n) is 8.45. The molecule has 0 N–H and O–H groups in total. The average molecular weight is 449 g/mol. The van der Waals surface area contributed by atoms with Crippen molar-refractivity contribution in [2.75, 3.05) is 0 Å². The summed E-state index contributed by atoms with van der Waals surface area (Å²) in [5.74, 6) is -0.641. The van der Waals surface area contributed by atoms with Gasteiger partial charge in [-0.1, -0.05) is 98.5 Å². The van der Waals surface area contributed by atoms with Gasteiger partial charge in [-0.25, -0.2) is 8.78 Å². The van der Waals surface area contributed by atoms with Crippen LogP contribution in [0.5, 0.6) is 0 Å². The minimum absolute atomic E-state index is 0.0390. The highest BCUT2D eigenvalue weighted by Crippen LogP contribution is 2.32. The van der Waals surface area contributed by atoms with Gasteiger partial charge in [0.1, 0.15) is 11.6 Å². The Balaban J connectivity index is 1.62. The normalized spacial score (nSPS) is 12.2. The standard InChI is InChI=1S/C29H27ClF2/c1-2-3-4-8-23(17-20-10-11-21-7-5-6-9-22(21)16-20)24-12-14-26(28(31)18-24)25-13-15-27(30)29(32)19-25/h5-7,9-16,18-19,23H,2-4,8,17H2,1H3. The van der Waals surface area contributed by atoms with Crippen LogP contribution in [0.1, 0.15) is 49.7 Å². The number of hydrogen-bond acceptors (Lipinski definition) is 0. The van der Waals surface area contributed by atoms with E-state index in [1.54, 1.807) is 18.2 Å². The third kappa shape index (κ3) is 5.19. The van der Waals surface area contributed by atoms with Gasteiger partial charge < -0.3 is 0 Å². The molecule has 0 radical (unpaired) electrons. The van der Waals surface area contributed by atoms with Crippen molar-refractivity contribution in [1.29, 1.82) is 0 Å². The molecule has 4 aromatic rings. The maximum absolute atomic E-state index is 15.1. The first-order valence-corrected chi connectivity index (χ1v) is 11.7. The van der Waals surface area contributed by atoms with E-state index in [9.17, 15) is 4.39 Å². The van der Waals surface area contributed by atoms with Gasteiger partial charge in [-0.15, -0.1) is 0 Å². The maximum Gasteiger partial charge on any atom is 0.142 e. The monoisotopic (exact) mass is 448 g/mol. The van der Waals surface area contributed by atoms with Gasteiger partial charge in [0.25, 0.3) is 0 Å². The van der Waals surface area contributed by atoms with E-state index in [1.165, 1.54) is 34.9 Å². The highest BCUT2D eigenvalue weighted by molar-refractivity contribution is 6.30. The van der Waals surface area contributed by atoms with Gasteiger partial charge in [0, 0.05) is 5.56 Å². The first-order chi connectivity index (χ1) is 15.5. The summed E-state index contributed by atoms with van der Waals surface area (Å²) in [5.41, 5.74) is 3.13.